The Morgan fingerprint density at radius 1 is 1.26 bits per heavy atom. The highest BCUT2D eigenvalue weighted by Gasteiger charge is 2.10. The number of hydrogen-bond donors (Lipinski definition) is 1. The Balaban J connectivity index is 2.25. The van der Waals surface area contributed by atoms with E-state index in [0.29, 0.717) is 23.8 Å². The van der Waals surface area contributed by atoms with E-state index in [1.807, 2.05) is 25.1 Å². The number of halogens is 1. The van der Waals surface area contributed by atoms with Gasteiger partial charge in [0.15, 0.2) is 11.5 Å². The molecule has 0 spiro atoms. The number of para-hydroxylation sites is 2. The van der Waals surface area contributed by atoms with Gasteiger partial charge in [0.1, 0.15) is 5.69 Å². The highest BCUT2D eigenvalue weighted by atomic mass is 35.5. The van der Waals surface area contributed by atoms with Gasteiger partial charge in [-0.3, -0.25) is 0 Å². The Hall–Kier alpha value is -2.01. The van der Waals surface area contributed by atoms with Gasteiger partial charge < -0.3 is 15.2 Å². The Morgan fingerprint density at radius 2 is 2.00 bits per heavy atom. The number of benzene rings is 1. The van der Waals surface area contributed by atoms with Crippen molar-refractivity contribution in [3.63, 3.8) is 0 Å². The molecule has 0 aliphatic carbocycles. The summed E-state index contributed by atoms with van der Waals surface area (Å²) in [5, 5.41) is 0.0798. The van der Waals surface area contributed by atoms with Crippen LogP contribution in [-0.4, -0.2) is 16.6 Å². The van der Waals surface area contributed by atoms with Crippen molar-refractivity contribution in [1.82, 2.24) is 9.97 Å². The second-order valence-electron chi connectivity index (χ2n) is 3.80. The lowest BCUT2D eigenvalue weighted by Crippen LogP contribution is -2.00. The van der Waals surface area contributed by atoms with Crippen LogP contribution >= 0.6 is 11.6 Å². The summed E-state index contributed by atoms with van der Waals surface area (Å²) in [6.07, 6.45) is 2.32. The molecular formula is C13H14ClN3O2. The zero-order valence-electron chi connectivity index (χ0n) is 10.5. The van der Waals surface area contributed by atoms with E-state index in [2.05, 4.69) is 9.97 Å². The molecule has 0 radical (unpaired) electrons. The van der Waals surface area contributed by atoms with Gasteiger partial charge in [-0.15, -0.1) is 0 Å². The molecule has 1 heterocycles. The van der Waals surface area contributed by atoms with Gasteiger partial charge in [-0.25, -0.2) is 4.98 Å². The second-order valence-corrected chi connectivity index (χ2v) is 4.13. The predicted octanol–water partition coefficient (Wildman–Crippen LogP) is 3.29. The molecule has 1 aromatic carbocycles. The zero-order valence-corrected chi connectivity index (χ0v) is 11.2. The van der Waals surface area contributed by atoms with Crippen LogP contribution in [-0.2, 0) is 0 Å². The maximum atomic E-state index is 5.74. The molecule has 0 unspecified atom stereocenters. The van der Waals surface area contributed by atoms with E-state index >= 15 is 0 Å². The van der Waals surface area contributed by atoms with Crippen LogP contribution in [0.2, 0.25) is 5.28 Å². The number of nitrogens with two attached hydrogens (primary N) is 1. The fourth-order valence-corrected chi connectivity index (χ4v) is 1.53. The molecule has 0 saturated carbocycles. The van der Waals surface area contributed by atoms with Crippen molar-refractivity contribution in [2.24, 2.45) is 0 Å². The standard InChI is InChI=1S/C13H14ClN3O2/c1-2-7-18-10-5-3-4-6-11(10)19-12-9(15)8-16-13(14)17-12/h3-6,8H,2,7,15H2,1H3. The van der Waals surface area contributed by atoms with Crippen molar-refractivity contribution in [3.05, 3.63) is 35.7 Å². The minimum Gasteiger partial charge on any atom is -0.490 e. The van der Waals surface area contributed by atoms with Crippen LogP contribution in [0.4, 0.5) is 5.69 Å². The second kappa shape index (κ2) is 6.24. The molecule has 6 heteroatoms. The van der Waals surface area contributed by atoms with Gasteiger partial charge in [0.05, 0.1) is 12.8 Å². The number of aromatic nitrogens is 2. The maximum absolute atomic E-state index is 5.74. The molecule has 0 fully saturated rings. The highest BCUT2D eigenvalue weighted by molar-refractivity contribution is 6.28. The third-order valence-electron chi connectivity index (χ3n) is 2.27. The molecule has 19 heavy (non-hydrogen) atoms. The van der Waals surface area contributed by atoms with Crippen LogP contribution in [0.3, 0.4) is 0 Å². The monoisotopic (exact) mass is 279 g/mol. The highest BCUT2D eigenvalue weighted by Crippen LogP contribution is 2.32. The van der Waals surface area contributed by atoms with Crippen LogP contribution in [0.25, 0.3) is 0 Å². The van der Waals surface area contributed by atoms with Gasteiger partial charge in [-0.1, -0.05) is 19.1 Å². The molecule has 0 atom stereocenters. The topological polar surface area (TPSA) is 70.3 Å². The number of anilines is 1. The number of ether oxygens (including phenoxy) is 2. The number of nitrogen functional groups attached to an aromatic ring is 1. The van der Waals surface area contributed by atoms with Gasteiger partial charge in [-0.2, -0.15) is 4.98 Å². The summed E-state index contributed by atoms with van der Waals surface area (Å²) in [6, 6.07) is 7.31. The van der Waals surface area contributed by atoms with Crippen LogP contribution in [0, 0.1) is 0 Å². The van der Waals surface area contributed by atoms with Crippen molar-refractivity contribution in [2.75, 3.05) is 12.3 Å². The molecular weight excluding hydrogens is 266 g/mol. The van der Waals surface area contributed by atoms with E-state index < -0.39 is 0 Å². The normalized spacial score (nSPS) is 10.2. The summed E-state index contributed by atoms with van der Waals surface area (Å²) in [7, 11) is 0. The van der Waals surface area contributed by atoms with E-state index in [0.717, 1.165) is 6.42 Å². The van der Waals surface area contributed by atoms with Crippen LogP contribution in [0.5, 0.6) is 17.4 Å². The Morgan fingerprint density at radius 3 is 2.74 bits per heavy atom. The van der Waals surface area contributed by atoms with Crippen molar-refractivity contribution in [2.45, 2.75) is 13.3 Å². The molecule has 2 rings (SSSR count). The summed E-state index contributed by atoms with van der Waals surface area (Å²) in [5.41, 5.74) is 6.05. The third kappa shape index (κ3) is 3.48. The van der Waals surface area contributed by atoms with E-state index in [1.54, 1.807) is 6.07 Å². The van der Waals surface area contributed by atoms with E-state index in [4.69, 9.17) is 26.8 Å². The summed E-state index contributed by atoms with van der Waals surface area (Å²) in [5.74, 6) is 1.39. The number of hydrogen-bond acceptors (Lipinski definition) is 5. The molecule has 0 saturated heterocycles. The smallest absolute Gasteiger partial charge is 0.247 e. The lowest BCUT2D eigenvalue weighted by atomic mass is 10.3. The lowest BCUT2D eigenvalue weighted by molar-refractivity contribution is 0.301. The molecule has 100 valence electrons. The Labute approximate surface area is 116 Å². The third-order valence-corrected chi connectivity index (χ3v) is 2.45. The molecule has 0 aliphatic heterocycles. The van der Waals surface area contributed by atoms with E-state index in [1.165, 1.54) is 6.20 Å². The SMILES string of the molecule is CCCOc1ccccc1Oc1nc(Cl)ncc1N. The first-order chi connectivity index (χ1) is 9.20. The first kappa shape index (κ1) is 13.4. The first-order valence-electron chi connectivity index (χ1n) is 5.88. The maximum Gasteiger partial charge on any atom is 0.247 e. The Bertz CT molecular complexity index is 563. The van der Waals surface area contributed by atoms with E-state index in [-0.39, 0.29) is 11.2 Å². The van der Waals surface area contributed by atoms with Crippen LogP contribution < -0.4 is 15.2 Å². The minimum atomic E-state index is 0.0798. The van der Waals surface area contributed by atoms with Crippen molar-refractivity contribution in [1.29, 1.82) is 0 Å². The number of nitrogens with zero attached hydrogens (tertiary/aromatic N) is 2. The van der Waals surface area contributed by atoms with Gasteiger partial charge >= 0.3 is 0 Å². The fourth-order valence-electron chi connectivity index (χ4n) is 1.41. The lowest BCUT2D eigenvalue weighted by Gasteiger charge is -2.12. The molecule has 2 aromatic rings. The fraction of sp³-hybridized carbons (Fsp3) is 0.231. The first-order valence-corrected chi connectivity index (χ1v) is 6.26. The molecule has 1 aromatic heterocycles. The Kier molecular flexibility index (Phi) is 4.41. The molecule has 0 bridgehead atoms. The predicted molar refractivity (Wildman–Crippen MR) is 73.8 cm³/mol. The van der Waals surface area contributed by atoms with Gasteiger partial charge in [0.25, 0.3) is 0 Å². The van der Waals surface area contributed by atoms with Crippen LogP contribution in [0.1, 0.15) is 13.3 Å². The van der Waals surface area contributed by atoms with Gasteiger partial charge in [0.2, 0.25) is 11.2 Å². The van der Waals surface area contributed by atoms with E-state index in [9.17, 15) is 0 Å². The molecule has 5 nitrogen and oxygen atoms in total. The van der Waals surface area contributed by atoms with Crippen molar-refractivity contribution < 1.29 is 9.47 Å². The van der Waals surface area contributed by atoms with Crippen molar-refractivity contribution >= 4 is 17.3 Å². The average Bonchev–Trinajstić information content (AvgIpc) is 2.42. The summed E-state index contributed by atoms with van der Waals surface area (Å²) in [4.78, 5) is 7.71. The zero-order chi connectivity index (χ0) is 13.7. The molecule has 0 amide bonds. The van der Waals surface area contributed by atoms with Gasteiger partial charge in [0, 0.05) is 0 Å². The molecule has 0 aliphatic rings. The van der Waals surface area contributed by atoms with Crippen molar-refractivity contribution in [3.8, 4) is 17.4 Å². The summed E-state index contributed by atoms with van der Waals surface area (Å²) in [6.45, 7) is 2.64. The summed E-state index contributed by atoms with van der Waals surface area (Å²) >= 11 is 5.72. The largest absolute Gasteiger partial charge is 0.490 e. The van der Waals surface area contributed by atoms with Gasteiger partial charge in [-0.05, 0) is 30.2 Å². The summed E-state index contributed by atoms with van der Waals surface area (Å²) < 4.78 is 11.2. The van der Waals surface area contributed by atoms with Crippen LogP contribution in [0.15, 0.2) is 30.5 Å². The number of rotatable bonds is 5. The average molecular weight is 280 g/mol. The minimum absolute atomic E-state index is 0.0798. The quantitative estimate of drug-likeness (QED) is 0.851. The molecule has 2 N–H and O–H groups in total.